The minimum absolute atomic E-state index is 0.00680. The predicted molar refractivity (Wildman–Crippen MR) is 104 cm³/mol. The highest BCUT2D eigenvalue weighted by molar-refractivity contribution is 5.94. The van der Waals surface area contributed by atoms with Gasteiger partial charge in [-0.15, -0.1) is 0 Å². The highest BCUT2D eigenvalue weighted by atomic mass is 19.1. The van der Waals surface area contributed by atoms with E-state index in [2.05, 4.69) is 10.2 Å². The van der Waals surface area contributed by atoms with Gasteiger partial charge in [0.15, 0.2) is 0 Å². The number of carbonyl (C=O) groups is 2. The van der Waals surface area contributed by atoms with Crippen LogP contribution in [0.5, 0.6) is 0 Å². The molecule has 1 spiro atoms. The molecule has 0 radical (unpaired) electrons. The van der Waals surface area contributed by atoms with Crippen molar-refractivity contribution in [1.82, 2.24) is 15.1 Å². The number of nitrogens with zero attached hydrogens (tertiary/aromatic N) is 2. The molecule has 0 bridgehead atoms. The first kappa shape index (κ1) is 18.6. The molecule has 2 saturated heterocycles. The van der Waals surface area contributed by atoms with Crippen molar-refractivity contribution < 1.29 is 14.0 Å². The standard InChI is InChI=1S/C22H24FN3O2/c23-19-8-4-5-17(13-19)14-25-11-9-20(27)24-22(15-25)10-12-26(16-22)21(28)18-6-2-1-3-7-18/h1-8,13H,9-12,14-16H2,(H,24,27). The molecule has 28 heavy (non-hydrogen) atoms. The molecule has 6 heteroatoms. The van der Waals surface area contributed by atoms with Crippen LogP contribution in [0.25, 0.3) is 0 Å². The highest BCUT2D eigenvalue weighted by Crippen LogP contribution is 2.27. The van der Waals surface area contributed by atoms with Crippen molar-refractivity contribution in [2.75, 3.05) is 26.2 Å². The third-order valence-electron chi connectivity index (χ3n) is 5.54. The summed E-state index contributed by atoms with van der Waals surface area (Å²) in [6, 6.07) is 15.8. The lowest BCUT2D eigenvalue weighted by atomic mass is 9.97. The second-order valence-corrected chi connectivity index (χ2v) is 7.76. The van der Waals surface area contributed by atoms with Crippen LogP contribution in [0, 0.1) is 5.82 Å². The molecule has 0 aliphatic carbocycles. The molecule has 2 fully saturated rings. The van der Waals surface area contributed by atoms with E-state index in [1.54, 1.807) is 6.07 Å². The number of nitrogens with one attached hydrogen (secondary N) is 1. The van der Waals surface area contributed by atoms with Crippen molar-refractivity contribution in [3.63, 3.8) is 0 Å². The van der Waals surface area contributed by atoms with Gasteiger partial charge in [-0.05, 0) is 36.2 Å². The molecule has 5 nitrogen and oxygen atoms in total. The number of amides is 2. The van der Waals surface area contributed by atoms with E-state index in [0.29, 0.717) is 44.7 Å². The number of benzene rings is 2. The Hall–Kier alpha value is -2.73. The molecule has 146 valence electrons. The Labute approximate surface area is 164 Å². The summed E-state index contributed by atoms with van der Waals surface area (Å²) in [6.45, 7) is 2.96. The van der Waals surface area contributed by atoms with Gasteiger partial charge in [0, 0.05) is 44.7 Å². The van der Waals surface area contributed by atoms with E-state index in [4.69, 9.17) is 0 Å². The quantitative estimate of drug-likeness (QED) is 0.889. The minimum atomic E-state index is -0.453. The van der Waals surface area contributed by atoms with Gasteiger partial charge in [0.25, 0.3) is 5.91 Å². The van der Waals surface area contributed by atoms with E-state index >= 15 is 0 Å². The van der Waals surface area contributed by atoms with Crippen LogP contribution in [-0.2, 0) is 11.3 Å². The lowest BCUT2D eigenvalue weighted by Gasteiger charge is -2.33. The van der Waals surface area contributed by atoms with Crippen LogP contribution >= 0.6 is 0 Å². The molecule has 0 saturated carbocycles. The van der Waals surface area contributed by atoms with E-state index in [1.807, 2.05) is 41.3 Å². The van der Waals surface area contributed by atoms with Crippen molar-refractivity contribution in [1.29, 1.82) is 0 Å². The van der Waals surface area contributed by atoms with Gasteiger partial charge in [-0.2, -0.15) is 0 Å². The number of likely N-dealkylation sites (tertiary alicyclic amines) is 1. The fourth-order valence-corrected chi connectivity index (χ4v) is 4.23. The van der Waals surface area contributed by atoms with E-state index in [-0.39, 0.29) is 17.6 Å². The second-order valence-electron chi connectivity index (χ2n) is 7.76. The molecule has 2 amide bonds. The second kappa shape index (κ2) is 7.72. The maximum absolute atomic E-state index is 13.5. The van der Waals surface area contributed by atoms with E-state index in [0.717, 1.165) is 12.0 Å². The van der Waals surface area contributed by atoms with Gasteiger partial charge < -0.3 is 10.2 Å². The third-order valence-corrected chi connectivity index (χ3v) is 5.54. The van der Waals surface area contributed by atoms with Crippen molar-refractivity contribution in [2.24, 2.45) is 0 Å². The minimum Gasteiger partial charge on any atom is -0.347 e. The summed E-state index contributed by atoms with van der Waals surface area (Å²) in [5, 5.41) is 3.17. The summed E-state index contributed by atoms with van der Waals surface area (Å²) in [5.41, 5.74) is 1.10. The zero-order valence-electron chi connectivity index (χ0n) is 15.7. The Morgan fingerprint density at radius 2 is 1.89 bits per heavy atom. The summed E-state index contributed by atoms with van der Waals surface area (Å²) in [6.07, 6.45) is 1.13. The fourth-order valence-electron chi connectivity index (χ4n) is 4.23. The van der Waals surface area contributed by atoms with E-state index in [9.17, 15) is 14.0 Å². The van der Waals surface area contributed by atoms with Gasteiger partial charge in [0.05, 0.1) is 5.54 Å². The van der Waals surface area contributed by atoms with Gasteiger partial charge in [-0.25, -0.2) is 4.39 Å². The molecule has 1 atom stereocenters. The smallest absolute Gasteiger partial charge is 0.253 e. The first-order chi connectivity index (χ1) is 13.5. The molecule has 2 aromatic rings. The van der Waals surface area contributed by atoms with Crippen LogP contribution in [0.2, 0.25) is 0 Å². The molecule has 2 aliphatic rings. The Morgan fingerprint density at radius 3 is 2.68 bits per heavy atom. The van der Waals surface area contributed by atoms with Crippen LogP contribution in [0.3, 0.4) is 0 Å². The Morgan fingerprint density at radius 1 is 1.07 bits per heavy atom. The molecular formula is C22H24FN3O2. The zero-order valence-corrected chi connectivity index (χ0v) is 15.7. The number of halogens is 1. The average molecular weight is 381 g/mol. The lowest BCUT2D eigenvalue weighted by Crippen LogP contribution is -2.55. The number of hydrogen-bond acceptors (Lipinski definition) is 3. The van der Waals surface area contributed by atoms with Crippen LogP contribution in [-0.4, -0.2) is 53.3 Å². The zero-order chi connectivity index (χ0) is 19.6. The maximum atomic E-state index is 13.5. The summed E-state index contributed by atoms with van der Waals surface area (Å²) < 4.78 is 13.5. The Balaban J connectivity index is 1.49. The summed E-state index contributed by atoms with van der Waals surface area (Å²) in [4.78, 5) is 29.2. The van der Waals surface area contributed by atoms with Crippen LogP contribution in [0.4, 0.5) is 4.39 Å². The fraction of sp³-hybridized carbons (Fsp3) is 0.364. The predicted octanol–water partition coefficient (Wildman–Crippen LogP) is 2.43. The average Bonchev–Trinajstić information content (AvgIpc) is 3.02. The molecule has 1 N–H and O–H groups in total. The largest absolute Gasteiger partial charge is 0.347 e. The van der Waals surface area contributed by atoms with Gasteiger partial charge in [-0.3, -0.25) is 14.5 Å². The summed E-state index contributed by atoms with van der Waals surface area (Å²) in [5.74, 6) is -0.250. The van der Waals surface area contributed by atoms with Gasteiger partial charge in [0.1, 0.15) is 5.82 Å². The van der Waals surface area contributed by atoms with Crippen LogP contribution in [0.15, 0.2) is 54.6 Å². The molecule has 0 aromatic heterocycles. The molecule has 1 unspecified atom stereocenters. The number of rotatable bonds is 3. The molecule has 2 heterocycles. The Kier molecular flexibility index (Phi) is 5.13. The SMILES string of the molecule is O=C1CCN(Cc2cccc(F)c2)CC2(CCN(C(=O)c3ccccc3)C2)N1. The van der Waals surface area contributed by atoms with Crippen LogP contribution < -0.4 is 5.32 Å². The topological polar surface area (TPSA) is 52.7 Å². The van der Waals surface area contributed by atoms with Gasteiger partial charge >= 0.3 is 0 Å². The summed E-state index contributed by atoms with van der Waals surface area (Å²) >= 11 is 0. The molecular weight excluding hydrogens is 357 g/mol. The van der Waals surface area contributed by atoms with Crippen LogP contribution in [0.1, 0.15) is 28.8 Å². The maximum Gasteiger partial charge on any atom is 0.253 e. The van der Waals surface area contributed by atoms with Gasteiger partial charge in [-0.1, -0.05) is 30.3 Å². The van der Waals surface area contributed by atoms with E-state index in [1.165, 1.54) is 12.1 Å². The highest BCUT2D eigenvalue weighted by Gasteiger charge is 2.43. The van der Waals surface area contributed by atoms with Gasteiger partial charge in [0.2, 0.25) is 5.91 Å². The van der Waals surface area contributed by atoms with Crippen molar-refractivity contribution in [2.45, 2.75) is 24.9 Å². The molecule has 2 aliphatic heterocycles. The molecule has 2 aromatic carbocycles. The summed E-state index contributed by atoms with van der Waals surface area (Å²) in [7, 11) is 0. The number of hydrogen-bond donors (Lipinski definition) is 1. The monoisotopic (exact) mass is 381 g/mol. The van der Waals surface area contributed by atoms with E-state index < -0.39 is 5.54 Å². The lowest BCUT2D eigenvalue weighted by molar-refractivity contribution is -0.122. The van der Waals surface area contributed by atoms with Crippen molar-refractivity contribution >= 4 is 11.8 Å². The Bertz CT molecular complexity index is 873. The first-order valence-electron chi connectivity index (χ1n) is 9.65. The van der Waals surface area contributed by atoms with Crippen molar-refractivity contribution in [3.05, 3.63) is 71.5 Å². The van der Waals surface area contributed by atoms with Crippen molar-refractivity contribution in [3.8, 4) is 0 Å². The normalized spacial score (nSPS) is 22.9. The first-order valence-corrected chi connectivity index (χ1v) is 9.65. The third kappa shape index (κ3) is 4.07. The number of carbonyl (C=O) groups excluding carboxylic acids is 2. The molecule has 4 rings (SSSR count).